The van der Waals surface area contributed by atoms with Gasteiger partial charge in [-0.25, -0.2) is 0 Å². The van der Waals surface area contributed by atoms with Crippen molar-refractivity contribution in [3.8, 4) is 0 Å². The van der Waals surface area contributed by atoms with Crippen molar-refractivity contribution in [2.45, 2.75) is 32.7 Å². The number of benzene rings is 1. The zero-order valence-corrected chi connectivity index (χ0v) is 11.1. The second kappa shape index (κ2) is 5.78. The molecular formula is C16H20N2. The molecule has 0 amide bonds. The highest BCUT2D eigenvalue weighted by molar-refractivity contribution is 5.34. The minimum Gasteiger partial charge on any atom is -0.320 e. The highest BCUT2D eigenvalue weighted by atomic mass is 14.7. The van der Waals surface area contributed by atoms with Gasteiger partial charge in [0.1, 0.15) is 0 Å². The summed E-state index contributed by atoms with van der Waals surface area (Å²) in [6.45, 7) is 4.19. The molecule has 1 aromatic heterocycles. The molecule has 0 bridgehead atoms. The maximum Gasteiger partial charge on any atom is 0.0569 e. The Bertz CT molecular complexity index is 503. The van der Waals surface area contributed by atoms with Crippen LogP contribution >= 0.6 is 0 Å². The smallest absolute Gasteiger partial charge is 0.0569 e. The number of hydrogen-bond donors (Lipinski definition) is 1. The first-order valence-electron chi connectivity index (χ1n) is 6.48. The van der Waals surface area contributed by atoms with E-state index < -0.39 is 0 Å². The van der Waals surface area contributed by atoms with E-state index in [4.69, 9.17) is 5.73 Å². The number of pyridine rings is 1. The van der Waals surface area contributed by atoms with Gasteiger partial charge in [0.2, 0.25) is 0 Å². The molecule has 18 heavy (non-hydrogen) atoms. The molecule has 1 aromatic carbocycles. The Morgan fingerprint density at radius 3 is 2.50 bits per heavy atom. The van der Waals surface area contributed by atoms with Crippen LogP contribution in [-0.2, 0) is 6.42 Å². The number of nitrogens with zero attached hydrogens (tertiary/aromatic N) is 1. The summed E-state index contributed by atoms with van der Waals surface area (Å²) in [5.74, 6) is 0. The van der Waals surface area contributed by atoms with Crippen LogP contribution in [0.3, 0.4) is 0 Å². The quantitative estimate of drug-likeness (QED) is 0.889. The van der Waals surface area contributed by atoms with Crippen molar-refractivity contribution in [2.24, 2.45) is 5.73 Å². The summed E-state index contributed by atoms with van der Waals surface area (Å²) >= 11 is 0. The molecule has 0 radical (unpaired) electrons. The fourth-order valence-electron chi connectivity index (χ4n) is 2.19. The Labute approximate surface area is 109 Å². The van der Waals surface area contributed by atoms with Crippen LogP contribution in [0.25, 0.3) is 0 Å². The van der Waals surface area contributed by atoms with Gasteiger partial charge in [0.15, 0.2) is 0 Å². The Balaban J connectivity index is 2.23. The van der Waals surface area contributed by atoms with E-state index in [0.29, 0.717) is 0 Å². The zero-order chi connectivity index (χ0) is 13.0. The fraction of sp³-hybridized carbons (Fsp3) is 0.312. The van der Waals surface area contributed by atoms with Crippen LogP contribution < -0.4 is 5.73 Å². The van der Waals surface area contributed by atoms with E-state index in [1.807, 2.05) is 19.1 Å². The molecule has 0 aliphatic heterocycles. The van der Waals surface area contributed by atoms with Crippen molar-refractivity contribution in [3.05, 3.63) is 65.0 Å². The summed E-state index contributed by atoms with van der Waals surface area (Å²) < 4.78 is 0. The van der Waals surface area contributed by atoms with Crippen LogP contribution in [0.2, 0.25) is 0 Å². The molecule has 1 atom stereocenters. The molecule has 2 rings (SSSR count). The van der Waals surface area contributed by atoms with E-state index in [1.54, 1.807) is 6.20 Å². The Morgan fingerprint density at radius 1 is 1.17 bits per heavy atom. The van der Waals surface area contributed by atoms with Crippen LogP contribution in [0.5, 0.6) is 0 Å². The summed E-state index contributed by atoms with van der Waals surface area (Å²) in [5, 5.41) is 0. The van der Waals surface area contributed by atoms with Gasteiger partial charge in [-0.2, -0.15) is 0 Å². The fourth-order valence-corrected chi connectivity index (χ4v) is 2.19. The number of hydrogen-bond acceptors (Lipinski definition) is 2. The first kappa shape index (κ1) is 12.8. The van der Waals surface area contributed by atoms with Gasteiger partial charge in [-0.3, -0.25) is 4.98 Å². The van der Waals surface area contributed by atoms with Crippen molar-refractivity contribution >= 4 is 0 Å². The maximum absolute atomic E-state index is 6.30. The van der Waals surface area contributed by atoms with Gasteiger partial charge in [0, 0.05) is 11.9 Å². The van der Waals surface area contributed by atoms with Crippen molar-refractivity contribution in [1.29, 1.82) is 0 Å². The normalized spacial score (nSPS) is 12.4. The molecule has 2 heteroatoms. The molecular weight excluding hydrogens is 220 g/mol. The van der Waals surface area contributed by atoms with Crippen LogP contribution in [0, 0.1) is 6.92 Å². The van der Waals surface area contributed by atoms with Gasteiger partial charge in [-0.05, 0) is 36.1 Å². The van der Waals surface area contributed by atoms with Crippen molar-refractivity contribution in [3.63, 3.8) is 0 Å². The van der Waals surface area contributed by atoms with Gasteiger partial charge in [0.05, 0.1) is 6.04 Å². The Morgan fingerprint density at radius 2 is 1.89 bits per heavy atom. The molecule has 1 unspecified atom stereocenters. The number of aryl methyl sites for hydroxylation is 2. The third-order valence-electron chi connectivity index (χ3n) is 3.26. The summed E-state index contributed by atoms with van der Waals surface area (Å²) in [5.41, 5.74) is 10.9. The predicted octanol–water partition coefficient (Wildman–Crippen LogP) is 3.39. The first-order valence-corrected chi connectivity index (χ1v) is 6.48. The van der Waals surface area contributed by atoms with Crippen molar-refractivity contribution in [1.82, 2.24) is 4.98 Å². The highest BCUT2D eigenvalue weighted by Gasteiger charge is 2.11. The molecule has 0 saturated carbocycles. The Hall–Kier alpha value is -1.67. The minimum atomic E-state index is -0.0885. The molecule has 94 valence electrons. The SMILES string of the molecule is CCCc1ccc(C(N)c2cccnc2C)cc1. The van der Waals surface area contributed by atoms with Gasteiger partial charge in [-0.15, -0.1) is 0 Å². The van der Waals surface area contributed by atoms with E-state index in [0.717, 1.165) is 23.2 Å². The lowest BCUT2D eigenvalue weighted by Crippen LogP contribution is -2.13. The van der Waals surface area contributed by atoms with E-state index in [-0.39, 0.29) is 6.04 Å². The average Bonchev–Trinajstić information content (AvgIpc) is 2.40. The lowest BCUT2D eigenvalue weighted by Gasteiger charge is -2.14. The molecule has 1 heterocycles. The first-order chi connectivity index (χ1) is 8.72. The van der Waals surface area contributed by atoms with Crippen LogP contribution in [0.4, 0.5) is 0 Å². The Kier molecular flexibility index (Phi) is 4.11. The maximum atomic E-state index is 6.30. The number of rotatable bonds is 4. The molecule has 2 N–H and O–H groups in total. The van der Waals surface area contributed by atoms with Crippen molar-refractivity contribution in [2.75, 3.05) is 0 Å². The molecule has 0 spiro atoms. The monoisotopic (exact) mass is 240 g/mol. The van der Waals surface area contributed by atoms with Crippen LogP contribution in [0.15, 0.2) is 42.6 Å². The van der Waals surface area contributed by atoms with Gasteiger partial charge in [0.25, 0.3) is 0 Å². The predicted molar refractivity (Wildman–Crippen MR) is 75.4 cm³/mol. The van der Waals surface area contributed by atoms with E-state index in [1.165, 1.54) is 12.0 Å². The van der Waals surface area contributed by atoms with Crippen LogP contribution in [0.1, 0.15) is 41.8 Å². The van der Waals surface area contributed by atoms with Crippen molar-refractivity contribution < 1.29 is 0 Å². The average molecular weight is 240 g/mol. The molecule has 0 fully saturated rings. The number of nitrogens with two attached hydrogens (primary N) is 1. The van der Waals surface area contributed by atoms with Gasteiger partial charge >= 0.3 is 0 Å². The van der Waals surface area contributed by atoms with Crippen LogP contribution in [-0.4, -0.2) is 4.98 Å². The second-order valence-corrected chi connectivity index (χ2v) is 4.65. The lowest BCUT2D eigenvalue weighted by atomic mass is 9.97. The lowest BCUT2D eigenvalue weighted by molar-refractivity contribution is 0.844. The molecule has 0 saturated heterocycles. The third kappa shape index (κ3) is 2.77. The molecule has 2 nitrogen and oxygen atoms in total. The summed E-state index contributed by atoms with van der Waals surface area (Å²) in [6, 6.07) is 12.5. The van der Waals surface area contributed by atoms with E-state index >= 15 is 0 Å². The van der Waals surface area contributed by atoms with E-state index in [9.17, 15) is 0 Å². The highest BCUT2D eigenvalue weighted by Crippen LogP contribution is 2.21. The van der Waals surface area contributed by atoms with Gasteiger partial charge < -0.3 is 5.73 Å². The minimum absolute atomic E-state index is 0.0885. The molecule has 2 aromatic rings. The third-order valence-corrected chi connectivity index (χ3v) is 3.26. The molecule has 0 aliphatic rings. The zero-order valence-electron chi connectivity index (χ0n) is 11.1. The summed E-state index contributed by atoms with van der Waals surface area (Å²) in [4.78, 5) is 4.29. The van der Waals surface area contributed by atoms with Gasteiger partial charge in [-0.1, -0.05) is 43.7 Å². The number of aromatic nitrogens is 1. The summed E-state index contributed by atoms with van der Waals surface area (Å²) in [7, 11) is 0. The largest absolute Gasteiger partial charge is 0.320 e. The second-order valence-electron chi connectivity index (χ2n) is 4.65. The standard InChI is InChI=1S/C16H20N2/c1-3-5-13-7-9-14(10-8-13)16(17)15-6-4-11-18-12(15)2/h4,6-11,16H,3,5,17H2,1-2H3. The topological polar surface area (TPSA) is 38.9 Å². The molecule has 0 aliphatic carbocycles. The van der Waals surface area contributed by atoms with E-state index in [2.05, 4.69) is 36.2 Å². The summed E-state index contributed by atoms with van der Waals surface area (Å²) in [6.07, 6.45) is 4.10.